The molecule has 1 heterocycles. The van der Waals surface area contributed by atoms with E-state index in [4.69, 9.17) is 18.6 Å². The zero-order valence-electron chi connectivity index (χ0n) is 19.2. The van der Waals surface area contributed by atoms with E-state index in [1.165, 1.54) is 6.07 Å². The Morgan fingerprint density at radius 2 is 1.72 bits per heavy atom. The van der Waals surface area contributed by atoms with E-state index in [2.05, 4.69) is 0 Å². The van der Waals surface area contributed by atoms with E-state index >= 15 is 0 Å². The van der Waals surface area contributed by atoms with E-state index in [0.29, 0.717) is 42.1 Å². The standard InChI is InChI=1S/C25H30O7/c1-6-30-19-14-18(26)20-21(27)24(31-7-2)22(15-8-10-16(29-5)11-9-15)32-23(20)17(19)12-13-25(3,4)28/h8-11,14,26,28H,6-7,12-13H2,1-5H3. The first-order chi connectivity index (χ1) is 15.2. The van der Waals surface area contributed by atoms with Crippen LogP contribution in [0.2, 0.25) is 0 Å². The number of aliphatic hydroxyl groups is 1. The van der Waals surface area contributed by atoms with Gasteiger partial charge >= 0.3 is 0 Å². The Bertz CT molecular complexity index is 1140. The number of ether oxygens (including phenoxy) is 3. The molecule has 0 fully saturated rings. The number of hydrogen-bond acceptors (Lipinski definition) is 7. The van der Waals surface area contributed by atoms with Gasteiger partial charge in [0.25, 0.3) is 0 Å². The van der Waals surface area contributed by atoms with Gasteiger partial charge in [-0.15, -0.1) is 0 Å². The fourth-order valence-electron chi connectivity index (χ4n) is 3.52. The SMILES string of the molecule is CCOc1cc(O)c2c(=O)c(OCC)c(-c3ccc(OC)cc3)oc2c1CCC(C)(C)O. The van der Waals surface area contributed by atoms with Gasteiger partial charge in [0.05, 0.1) is 25.9 Å². The molecule has 3 rings (SSSR count). The minimum Gasteiger partial charge on any atom is -0.507 e. The molecule has 2 aromatic carbocycles. The number of fused-ring (bicyclic) bond motifs is 1. The van der Waals surface area contributed by atoms with Crippen molar-refractivity contribution in [2.75, 3.05) is 20.3 Å². The van der Waals surface area contributed by atoms with Crippen LogP contribution < -0.4 is 19.6 Å². The smallest absolute Gasteiger partial charge is 0.239 e. The second-order valence-corrected chi connectivity index (χ2v) is 8.07. The van der Waals surface area contributed by atoms with Crippen molar-refractivity contribution in [2.45, 2.75) is 46.1 Å². The molecule has 0 aliphatic rings. The van der Waals surface area contributed by atoms with E-state index in [1.807, 2.05) is 6.92 Å². The maximum Gasteiger partial charge on any atom is 0.239 e. The van der Waals surface area contributed by atoms with Crippen molar-refractivity contribution in [3.05, 3.63) is 46.1 Å². The third kappa shape index (κ3) is 4.83. The van der Waals surface area contributed by atoms with Crippen molar-refractivity contribution in [3.8, 4) is 34.3 Å². The molecule has 1 aromatic heterocycles. The number of hydrogen-bond donors (Lipinski definition) is 2. The van der Waals surface area contributed by atoms with Gasteiger partial charge in [0.1, 0.15) is 28.2 Å². The van der Waals surface area contributed by atoms with Crippen LogP contribution in [0.25, 0.3) is 22.3 Å². The molecule has 7 heteroatoms. The summed E-state index contributed by atoms with van der Waals surface area (Å²) in [5.74, 6) is 1.11. The molecule has 3 aromatic rings. The third-order valence-electron chi connectivity index (χ3n) is 5.09. The lowest BCUT2D eigenvalue weighted by molar-refractivity contribution is 0.0712. The fourth-order valence-corrected chi connectivity index (χ4v) is 3.52. The number of methoxy groups -OCH3 is 1. The summed E-state index contributed by atoms with van der Waals surface area (Å²) in [7, 11) is 1.57. The Hall–Kier alpha value is -3.19. The molecule has 0 aliphatic heterocycles. The van der Waals surface area contributed by atoms with Crippen molar-refractivity contribution >= 4 is 11.0 Å². The lowest BCUT2D eigenvalue weighted by atomic mass is 9.96. The number of phenols is 1. The van der Waals surface area contributed by atoms with Gasteiger partial charge in [-0.1, -0.05) is 0 Å². The lowest BCUT2D eigenvalue weighted by Crippen LogP contribution is -2.19. The summed E-state index contributed by atoms with van der Waals surface area (Å²) in [6.07, 6.45) is 0.788. The molecular weight excluding hydrogens is 412 g/mol. The maximum absolute atomic E-state index is 13.4. The quantitative estimate of drug-likeness (QED) is 0.497. The third-order valence-corrected chi connectivity index (χ3v) is 5.09. The largest absolute Gasteiger partial charge is 0.507 e. The average molecular weight is 443 g/mol. The summed E-state index contributed by atoms with van der Waals surface area (Å²) in [5, 5.41) is 21.0. The molecule has 0 spiro atoms. The molecule has 0 radical (unpaired) electrons. The summed E-state index contributed by atoms with van der Waals surface area (Å²) in [5.41, 5.74) is 0.0542. The van der Waals surface area contributed by atoms with E-state index in [-0.39, 0.29) is 34.8 Å². The van der Waals surface area contributed by atoms with Crippen LogP contribution >= 0.6 is 0 Å². The lowest BCUT2D eigenvalue weighted by Gasteiger charge is -2.20. The first-order valence-electron chi connectivity index (χ1n) is 10.7. The van der Waals surface area contributed by atoms with E-state index in [0.717, 1.165) is 0 Å². The van der Waals surface area contributed by atoms with Crippen LogP contribution in [-0.4, -0.2) is 36.1 Å². The second kappa shape index (κ2) is 9.53. The molecule has 0 saturated heterocycles. The van der Waals surface area contributed by atoms with Gasteiger partial charge in [0, 0.05) is 17.2 Å². The molecule has 2 N–H and O–H groups in total. The predicted molar refractivity (Wildman–Crippen MR) is 123 cm³/mol. The first-order valence-corrected chi connectivity index (χ1v) is 10.7. The Kier molecular flexibility index (Phi) is 6.99. The molecule has 0 aliphatic carbocycles. The van der Waals surface area contributed by atoms with Crippen LogP contribution in [-0.2, 0) is 6.42 Å². The van der Waals surface area contributed by atoms with Gasteiger partial charge in [-0.2, -0.15) is 0 Å². The van der Waals surface area contributed by atoms with Gasteiger partial charge in [-0.3, -0.25) is 4.79 Å². The van der Waals surface area contributed by atoms with Gasteiger partial charge in [0.2, 0.25) is 11.2 Å². The number of rotatable bonds is 9. The van der Waals surface area contributed by atoms with Gasteiger partial charge in [-0.25, -0.2) is 0 Å². The fraction of sp³-hybridized carbons (Fsp3) is 0.400. The summed E-state index contributed by atoms with van der Waals surface area (Å²) in [4.78, 5) is 13.4. The number of phenolic OH excluding ortho intramolecular Hbond substituents is 1. The highest BCUT2D eigenvalue weighted by Crippen LogP contribution is 2.40. The molecule has 0 amide bonds. The Labute approximate surface area is 187 Å². The summed E-state index contributed by atoms with van der Waals surface area (Å²) >= 11 is 0. The van der Waals surface area contributed by atoms with Crippen molar-refractivity contribution in [1.82, 2.24) is 0 Å². The van der Waals surface area contributed by atoms with Crippen LogP contribution in [0.15, 0.2) is 39.5 Å². The van der Waals surface area contributed by atoms with E-state index in [9.17, 15) is 15.0 Å². The molecule has 0 unspecified atom stereocenters. The van der Waals surface area contributed by atoms with Crippen molar-refractivity contribution < 1.29 is 28.8 Å². The monoisotopic (exact) mass is 442 g/mol. The normalized spacial score (nSPS) is 11.6. The van der Waals surface area contributed by atoms with Gasteiger partial charge < -0.3 is 28.8 Å². The minimum atomic E-state index is -0.932. The summed E-state index contributed by atoms with van der Waals surface area (Å²) in [6.45, 7) is 7.65. The van der Waals surface area contributed by atoms with Crippen LogP contribution in [0.5, 0.6) is 23.0 Å². The van der Waals surface area contributed by atoms with Crippen LogP contribution in [0.1, 0.15) is 39.7 Å². The predicted octanol–water partition coefficient (Wildman–Crippen LogP) is 4.68. The molecule has 32 heavy (non-hydrogen) atoms. The number of benzene rings is 2. The Morgan fingerprint density at radius 3 is 2.28 bits per heavy atom. The molecule has 0 bridgehead atoms. The average Bonchev–Trinajstić information content (AvgIpc) is 2.74. The topological polar surface area (TPSA) is 98.4 Å². The van der Waals surface area contributed by atoms with Crippen LogP contribution in [0.4, 0.5) is 0 Å². The zero-order chi connectivity index (χ0) is 23.5. The van der Waals surface area contributed by atoms with Crippen LogP contribution in [0, 0.1) is 0 Å². The van der Waals surface area contributed by atoms with E-state index < -0.39 is 11.0 Å². The molecule has 172 valence electrons. The first kappa shape index (κ1) is 23.5. The van der Waals surface area contributed by atoms with E-state index in [1.54, 1.807) is 52.1 Å². The van der Waals surface area contributed by atoms with Crippen molar-refractivity contribution in [1.29, 1.82) is 0 Å². The zero-order valence-corrected chi connectivity index (χ0v) is 19.2. The van der Waals surface area contributed by atoms with Crippen molar-refractivity contribution in [2.24, 2.45) is 0 Å². The van der Waals surface area contributed by atoms with Gasteiger partial charge in [0.15, 0.2) is 5.76 Å². The summed E-state index contributed by atoms with van der Waals surface area (Å²) < 4.78 is 22.9. The number of aryl methyl sites for hydroxylation is 1. The maximum atomic E-state index is 13.4. The van der Waals surface area contributed by atoms with Gasteiger partial charge in [-0.05, 0) is 64.8 Å². The highest BCUT2D eigenvalue weighted by molar-refractivity contribution is 5.91. The minimum absolute atomic E-state index is 0.0260. The molecule has 0 saturated carbocycles. The van der Waals surface area contributed by atoms with Crippen LogP contribution in [0.3, 0.4) is 0 Å². The van der Waals surface area contributed by atoms with Crippen molar-refractivity contribution in [3.63, 3.8) is 0 Å². The Balaban J connectivity index is 2.35. The molecule has 0 atom stereocenters. The highest BCUT2D eigenvalue weighted by atomic mass is 16.5. The molecular formula is C25H30O7. The second-order valence-electron chi connectivity index (χ2n) is 8.07. The number of aromatic hydroxyl groups is 1. The molecule has 7 nitrogen and oxygen atoms in total. The highest BCUT2D eigenvalue weighted by Gasteiger charge is 2.25. The summed E-state index contributed by atoms with van der Waals surface area (Å²) in [6, 6.07) is 8.49. The Morgan fingerprint density at radius 1 is 1.06 bits per heavy atom.